The van der Waals surface area contributed by atoms with Crippen molar-refractivity contribution in [2.24, 2.45) is 17.8 Å². The van der Waals surface area contributed by atoms with Gasteiger partial charge in [0.15, 0.2) is 0 Å². The van der Waals surface area contributed by atoms with Gasteiger partial charge in [-0.3, -0.25) is 4.79 Å². The highest BCUT2D eigenvalue weighted by Gasteiger charge is 2.50. The van der Waals surface area contributed by atoms with Crippen LogP contribution in [0.1, 0.15) is 72.9 Å². The molecule has 0 radical (unpaired) electrons. The van der Waals surface area contributed by atoms with Crippen molar-refractivity contribution >= 4 is 24.6 Å². The zero-order chi connectivity index (χ0) is 29.2. The Balaban J connectivity index is 1.59. The average molecular weight is 556 g/mol. The van der Waals surface area contributed by atoms with Crippen LogP contribution in [0, 0.1) is 17.8 Å². The number of hydrogen-bond acceptors (Lipinski definition) is 2. The van der Waals surface area contributed by atoms with Crippen LogP contribution in [-0.2, 0) is 9.22 Å². The van der Waals surface area contributed by atoms with E-state index in [0.717, 1.165) is 25.0 Å². The van der Waals surface area contributed by atoms with E-state index < -0.39 is 8.32 Å². The lowest BCUT2D eigenvalue weighted by Crippen LogP contribution is -2.66. The summed E-state index contributed by atoms with van der Waals surface area (Å²) in [6, 6.07) is 31.8. The topological polar surface area (TPSA) is 38.3 Å². The molecule has 0 aliphatic carbocycles. The summed E-state index contributed by atoms with van der Waals surface area (Å²) < 4.78 is 7.16. The van der Waals surface area contributed by atoms with Gasteiger partial charge < -0.3 is 9.74 Å². The Labute approximate surface area is 244 Å². The summed E-state index contributed by atoms with van der Waals surface area (Å²) in [4.78, 5) is 12.5. The molecule has 0 fully saturated rings. The minimum absolute atomic E-state index is 0.0102. The van der Waals surface area contributed by atoms with Crippen molar-refractivity contribution in [1.82, 2.24) is 5.32 Å². The molecule has 0 aliphatic heterocycles. The van der Waals surface area contributed by atoms with Crippen LogP contribution in [0.15, 0.2) is 103 Å². The second-order valence-corrected chi connectivity index (χ2v) is 16.9. The third kappa shape index (κ3) is 8.52. The van der Waals surface area contributed by atoms with E-state index in [1.54, 1.807) is 6.08 Å². The molecule has 0 saturated heterocycles. The molecule has 0 bridgehead atoms. The molecule has 0 spiro atoms. The molecule has 3 aromatic carbocycles. The van der Waals surface area contributed by atoms with E-state index in [1.807, 2.05) is 43.3 Å². The van der Waals surface area contributed by atoms with Crippen molar-refractivity contribution in [3.63, 3.8) is 0 Å². The zero-order valence-corrected chi connectivity index (χ0v) is 26.6. The van der Waals surface area contributed by atoms with Gasteiger partial charge in [-0.05, 0) is 64.6 Å². The van der Waals surface area contributed by atoms with E-state index in [4.69, 9.17) is 4.43 Å². The molecule has 0 aromatic heterocycles. The highest BCUT2D eigenvalue weighted by atomic mass is 28.4. The van der Waals surface area contributed by atoms with Crippen LogP contribution in [0.3, 0.4) is 0 Å². The first-order valence-electron chi connectivity index (χ1n) is 14.8. The smallest absolute Gasteiger partial charge is 0.261 e. The van der Waals surface area contributed by atoms with Gasteiger partial charge in [0, 0.05) is 6.61 Å². The summed E-state index contributed by atoms with van der Waals surface area (Å²) in [7, 11) is -2.51. The van der Waals surface area contributed by atoms with Gasteiger partial charge >= 0.3 is 0 Å². The standard InChI is InChI=1S/C36H49NO2Si/c1-28(23-24-35(38)37-31(4)32-17-11-8-12-18-32)25-29(2)26-30(3)27-39-40(36(5,6)7,33-19-13-9-14-20-33)34-21-15-10-16-22-34/h8-24,28-31H,25-27H2,1-7H3,(H,37,38)/b24-23+/t28-,29+,30+,31+/m1/s1. The van der Waals surface area contributed by atoms with Crippen LogP contribution in [0.4, 0.5) is 0 Å². The fraction of sp³-hybridized carbons (Fsp3) is 0.417. The number of nitrogens with one attached hydrogen (secondary N) is 1. The number of carbonyl (C=O) groups excluding carboxylic acids is 1. The molecule has 40 heavy (non-hydrogen) atoms. The van der Waals surface area contributed by atoms with E-state index in [1.165, 1.54) is 10.4 Å². The molecular weight excluding hydrogens is 506 g/mol. The molecule has 0 unspecified atom stereocenters. The third-order valence-corrected chi connectivity index (χ3v) is 12.8. The lowest BCUT2D eigenvalue weighted by molar-refractivity contribution is -0.117. The van der Waals surface area contributed by atoms with Gasteiger partial charge in [-0.2, -0.15) is 0 Å². The van der Waals surface area contributed by atoms with Crippen LogP contribution in [-0.4, -0.2) is 20.8 Å². The summed E-state index contributed by atoms with van der Waals surface area (Å²) in [6.45, 7) is 16.6. The first-order chi connectivity index (χ1) is 19.0. The van der Waals surface area contributed by atoms with Gasteiger partial charge in [0.05, 0.1) is 6.04 Å². The van der Waals surface area contributed by atoms with Crippen molar-refractivity contribution in [3.8, 4) is 0 Å². The van der Waals surface area contributed by atoms with E-state index >= 15 is 0 Å². The summed E-state index contributed by atoms with van der Waals surface area (Å²) in [5, 5.41) is 5.71. The predicted octanol–water partition coefficient (Wildman–Crippen LogP) is 7.69. The fourth-order valence-electron chi connectivity index (χ4n) is 5.93. The van der Waals surface area contributed by atoms with Crippen LogP contribution in [0.25, 0.3) is 0 Å². The number of hydrogen-bond donors (Lipinski definition) is 1. The molecular formula is C36H49NO2Si. The van der Waals surface area contributed by atoms with Gasteiger partial charge in [-0.15, -0.1) is 0 Å². The average Bonchev–Trinajstić information content (AvgIpc) is 2.93. The van der Waals surface area contributed by atoms with E-state index in [2.05, 4.69) is 108 Å². The van der Waals surface area contributed by atoms with Crippen LogP contribution in [0.5, 0.6) is 0 Å². The van der Waals surface area contributed by atoms with Gasteiger partial charge in [0.25, 0.3) is 8.32 Å². The normalized spacial score (nSPS) is 15.4. The Kier molecular flexibility index (Phi) is 11.5. The minimum atomic E-state index is -2.51. The van der Waals surface area contributed by atoms with Crippen molar-refractivity contribution in [3.05, 3.63) is 109 Å². The van der Waals surface area contributed by atoms with Crippen LogP contribution in [0.2, 0.25) is 5.04 Å². The Morgan fingerprint density at radius 3 is 1.77 bits per heavy atom. The largest absolute Gasteiger partial charge is 0.407 e. The lowest BCUT2D eigenvalue weighted by Gasteiger charge is -2.43. The fourth-order valence-corrected chi connectivity index (χ4v) is 10.6. The lowest BCUT2D eigenvalue weighted by atomic mass is 9.89. The molecule has 0 aliphatic rings. The van der Waals surface area contributed by atoms with E-state index in [-0.39, 0.29) is 17.0 Å². The van der Waals surface area contributed by atoms with Gasteiger partial charge in [0.2, 0.25) is 5.91 Å². The number of rotatable bonds is 13. The Morgan fingerprint density at radius 2 is 1.27 bits per heavy atom. The molecule has 4 heteroatoms. The molecule has 0 saturated carbocycles. The van der Waals surface area contributed by atoms with Gasteiger partial charge in [-0.1, -0.05) is 139 Å². The summed E-state index contributed by atoms with van der Waals surface area (Å²) in [5.74, 6) is 1.26. The maximum Gasteiger partial charge on any atom is 0.261 e. The quantitative estimate of drug-likeness (QED) is 0.173. The predicted molar refractivity (Wildman–Crippen MR) is 172 cm³/mol. The highest BCUT2D eigenvalue weighted by molar-refractivity contribution is 6.99. The third-order valence-electron chi connectivity index (χ3n) is 7.81. The number of benzene rings is 3. The first kappa shape index (κ1) is 31.6. The molecule has 3 aromatic rings. The van der Waals surface area contributed by atoms with E-state index in [9.17, 15) is 4.79 Å². The second-order valence-electron chi connectivity index (χ2n) is 12.6. The molecule has 3 nitrogen and oxygen atoms in total. The summed E-state index contributed by atoms with van der Waals surface area (Å²) in [6.07, 6.45) is 5.88. The minimum Gasteiger partial charge on any atom is -0.407 e. The molecule has 1 N–H and O–H groups in total. The maximum atomic E-state index is 12.5. The first-order valence-corrected chi connectivity index (χ1v) is 16.7. The summed E-state index contributed by atoms with van der Waals surface area (Å²) in [5.41, 5.74) is 1.11. The summed E-state index contributed by atoms with van der Waals surface area (Å²) >= 11 is 0. The Hall–Kier alpha value is -2.95. The molecule has 0 heterocycles. The number of allylic oxidation sites excluding steroid dienone is 1. The molecule has 214 valence electrons. The number of carbonyl (C=O) groups is 1. The van der Waals surface area contributed by atoms with E-state index in [0.29, 0.717) is 17.8 Å². The Bertz CT molecular complexity index is 1150. The van der Waals surface area contributed by atoms with Gasteiger partial charge in [-0.25, -0.2) is 0 Å². The molecule has 1 amide bonds. The van der Waals surface area contributed by atoms with Crippen molar-refractivity contribution in [1.29, 1.82) is 0 Å². The van der Waals surface area contributed by atoms with Gasteiger partial charge in [0.1, 0.15) is 0 Å². The van der Waals surface area contributed by atoms with Crippen LogP contribution >= 0.6 is 0 Å². The maximum absolute atomic E-state index is 12.5. The van der Waals surface area contributed by atoms with Crippen molar-refractivity contribution in [2.75, 3.05) is 6.61 Å². The van der Waals surface area contributed by atoms with Crippen molar-refractivity contribution in [2.45, 2.75) is 72.4 Å². The molecule has 3 rings (SSSR count). The Morgan fingerprint density at radius 1 is 0.775 bits per heavy atom. The van der Waals surface area contributed by atoms with Crippen LogP contribution < -0.4 is 15.7 Å². The monoisotopic (exact) mass is 555 g/mol. The second kappa shape index (κ2) is 14.6. The molecule has 4 atom stereocenters. The SMILES string of the molecule is C[C@H](CO[Si](c1ccccc1)(c1ccccc1)C(C)(C)C)C[C@@H](C)C[C@H](C)/C=C/C(=O)N[C@@H](C)c1ccccc1. The zero-order valence-electron chi connectivity index (χ0n) is 25.6. The number of amides is 1. The van der Waals surface area contributed by atoms with Crippen molar-refractivity contribution < 1.29 is 9.22 Å². The highest BCUT2D eigenvalue weighted by Crippen LogP contribution is 2.37.